The molecule has 1 aromatic carbocycles. The molecule has 0 radical (unpaired) electrons. The number of aliphatic hydroxyl groups is 1. The van der Waals surface area contributed by atoms with Gasteiger partial charge in [-0.1, -0.05) is 17.7 Å². The summed E-state index contributed by atoms with van der Waals surface area (Å²) in [5.41, 5.74) is 0.863. The van der Waals surface area contributed by atoms with Crippen LogP contribution in [0.5, 0.6) is 0 Å². The fraction of sp³-hybridized carbons (Fsp3) is 0.167. The van der Waals surface area contributed by atoms with Crippen molar-refractivity contribution in [2.45, 2.75) is 11.0 Å². The van der Waals surface area contributed by atoms with Crippen LogP contribution in [0.3, 0.4) is 0 Å². The van der Waals surface area contributed by atoms with Crippen LogP contribution in [0.15, 0.2) is 34.5 Å². The van der Waals surface area contributed by atoms with Gasteiger partial charge in [0.05, 0.1) is 15.5 Å². The lowest BCUT2D eigenvalue weighted by atomic mass is 10.1. The van der Waals surface area contributed by atoms with Crippen molar-refractivity contribution >= 4 is 38.6 Å². The molecule has 100 valence electrons. The van der Waals surface area contributed by atoms with E-state index in [1.54, 1.807) is 23.6 Å². The zero-order valence-electron chi connectivity index (χ0n) is 9.87. The lowest BCUT2D eigenvalue weighted by molar-refractivity contribution is 0.222. The van der Waals surface area contributed by atoms with Crippen molar-refractivity contribution in [1.29, 1.82) is 0 Å². The van der Waals surface area contributed by atoms with Crippen LogP contribution >= 0.6 is 22.9 Å². The maximum Gasteiger partial charge on any atom is 0.264 e. The molecule has 0 bridgehead atoms. The third-order valence-electron chi connectivity index (χ3n) is 3.17. The Kier molecular flexibility index (Phi) is 2.86. The van der Waals surface area contributed by atoms with Gasteiger partial charge >= 0.3 is 0 Å². The predicted molar refractivity (Wildman–Crippen MR) is 75.4 cm³/mol. The van der Waals surface area contributed by atoms with Gasteiger partial charge in [0, 0.05) is 17.6 Å². The molecule has 0 saturated heterocycles. The molecule has 3 rings (SSSR count). The number of sulfonamides is 1. The molecule has 0 fully saturated rings. The number of hydrogen-bond acceptors (Lipinski definition) is 4. The Morgan fingerprint density at radius 1 is 1.37 bits per heavy atom. The predicted octanol–water partition coefficient (Wildman–Crippen LogP) is 2.62. The summed E-state index contributed by atoms with van der Waals surface area (Å²) in [5, 5.41) is 12.5. The first-order valence-corrected chi connectivity index (χ1v) is 8.16. The van der Waals surface area contributed by atoms with E-state index in [1.165, 1.54) is 28.8 Å². The Balaban J connectivity index is 2.40. The van der Waals surface area contributed by atoms with Crippen LogP contribution < -0.4 is 4.31 Å². The molecular weight excluding hydrogens is 306 g/mol. The quantitative estimate of drug-likeness (QED) is 0.813. The van der Waals surface area contributed by atoms with Gasteiger partial charge in [0.2, 0.25) is 0 Å². The Hall–Kier alpha value is -1.08. The molecule has 1 aliphatic rings. The summed E-state index contributed by atoms with van der Waals surface area (Å²) in [4.78, 5) is 0.672. The van der Waals surface area contributed by atoms with Gasteiger partial charge in [0.1, 0.15) is 6.10 Å². The molecule has 1 aromatic heterocycles. The van der Waals surface area contributed by atoms with Crippen LogP contribution in [0.2, 0.25) is 5.02 Å². The van der Waals surface area contributed by atoms with Crippen molar-refractivity contribution in [1.82, 2.24) is 0 Å². The van der Waals surface area contributed by atoms with Gasteiger partial charge in [-0.05, 0) is 23.6 Å². The molecular formula is C12H10ClNO3S2. The van der Waals surface area contributed by atoms with Gasteiger partial charge in [-0.25, -0.2) is 8.42 Å². The minimum atomic E-state index is -3.70. The molecule has 2 aromatic rings. The topological polar surface area (TPSA) is 57.6 Å². The van der Waals surface area contributed by atoms with E-state index in [9.17, 15) is 13.5 Å². The number of hydrogen-bond donors (Lipinski definition) is 1. The van der Waals surface area contributed by atoms with Gasteiger partial charge in [0.25, 0.3) is 10.0 Å². The van der Waals surface area contributed by atoms with Crippen molar-refractivity contribution in [3.8, 4) is 0 Å². The highest BCUT2D eigenvalue weighted by molar-refractivity contribution is 7.92. The number of aliphatic hydroxyl groups excluding tert-OH is 1. The number of thiophene rings is 1. The number of nitrogens with zero attached hydrogens (tertiary/aromatic N) is 1. The van der Waals surface area contributed by atoms with E-state index in [2.05, 4.69) is 0 Å². The SMILES string of the molecule is CN1c2ccsc2C(O)c2ccc(Cl)cc2S1(=O)=O. The average molecular weight is 316 g/mol. The Bertz CT molecular complexity index is 754. The minimum absolute atomic E-state index is 0.0541. The molecule has 19 heavy (non-hydrogen) atoms. The minimum Gasteiger partial charge on any atom is -0.383 e. The molecule has 1 atom stereocenters. The van der Waals surface area contributed by atoms with E-state index in [-0.39, 0.29) is 4.90 Å². The summed E-state index contributed by atoms with van der Waals surface area (Å²) in [7, 11) is -2.22. The Morgan fingerprint density at radius 3 is 2.84 bits per heavy atom. The summed E-state index contributed by atoms with van der Waals surface area (Å²) in [6.45, 7) is 0. The molecule has 7 heteroatoms. The molecule has 4 nitrogen and oxygen atoms in total. The van der Waals surface area contributed by atoms with Crippen molar-refractivity contribution in [2.75, 3.05) is 11.4 Å². The number of halogens is 1. The van der Waals surface area contributed by atoms with Crippen LogP contribution in [0.4, 0.5) is 5.69 Å². The molecule has 0 amide bonds. The lowest BCUT2D eigenvalue weighted by Gasteiger charge is -2.17. The summed E-state index contributed by atoms with van der Waals surface area (Å²) in [6, 6.07) is 6.21. The van der Waals surface area contributed by atoms with Gasteiger partial charge < -0.3 is 5.11 Å². The second-order valence-corrected chi connectivity index (χ2v) is 7.55. The van der Waals surface area contributed by atoms with Crippen LogP contribution in [0, 0.1) is 0 Å². The van der Waals surface area contributed by atoms with Crippen LogP contribution in [0.1, 0.15) is 16.5 Å². The summed E-state index contributed by atoms with van der Waals surface area (Å²) < 4.78 is 26.3. The molecule has 0 aliphatic carbocycles. The Labute approximate surface area is 119 Å². The van der Waals surface area contributed by atoms with Crippen molar-refractivity contribution in [3.05, 3.63) is 45.1 Å². The van der Waals surface area contributed by atoms with E-state index < -0.39 is 16.1 Å². The van der Waals surface area contributed by atoms with E-state index >= 15 is 0 Å². The maximum atomic E-state index is 12.5. The first-order valence-electron chi connectivity index (χ1n) is 5.47. The van der Waals surface area contributed by atoms with Crippen LogP contribution in [-0.4, -0.2) is 20.6 Å². The highest BCUT2D eigenvalue weighted by Crippen LogP contribution is 2.43. The van der Waals surface area contributed by atoms with Gasteiger partial charge in [-0.15, -0.1) is 11.3 Å². The van der Waals surface area contributed by atoms with E-state index in [1.807, 2.05) is 0 Å². The Morgan fingerprint density at radius 2 is 2.11 bits per heavy atom. The fourth-order valence-corrected chi connectivity index (χ4v) is 4.84. The van der Waals surface area contributed by atoms with E-state index in [0.717, 1.165) is 0 Å². The zero-order valence-corrected chi connectivity index (χ0v) is 12.3. The molecule has 0 saturated carbocycles. The third kappa shape index (κ3) is 1.79. The van der Waals surface area contributed by atoms with Crippen molar-refractivity contribution in [3.63, 3.8) is 0 Å². The fourth-order valence-electron chi connectivity index (χ4n) is 2.15. The van der Waals surface area contributed by atoms with Gasteiger partial charge in [-0.3, -0.25) is 4.31 Å². The largest absolute Gasteiger partial charge is 0.383 e. The first-order chi connectivity index (χ1) is 8.93. The maximum absolute atomic E-state index is 12.5. The van der Waals surface area contributed by atoms with E-state index in [4.69, 9.17) is 11.6 Å². The van der Waals surface area contributed by atoms with Gasteiger partial charge in [-0.2, -0.15) is 0 Å². The normalized spacial score (nSPS) is 20.6. The lowest BCUT2D eigenvalue weighted by Crippen LogP contribution is -2.26. The summed E-state index contributed by atoms with van der Waals surface area (Å²) in [6.07, 6.45) is -0.956. The third-order valence-corrected chi connectivity index (χ3v) is 6.19. The van der Waals surface area contributed by atoms with Crippen LogP contribution in [0.25, 0.3) is 0 Å². The molecule has 2 heterocycles. The highest BCUT2D eigenvalue weighted by Gasteiger charge is 2.35. The number of anilines is 1. The number of fused-ring (bicyclic) bond motifs is 2. The highest BCUT2D eigenvalue weighted by atomic mass is 35.5. The van der Waals surface area contributed by atoms with Crippen molar-refractivity contribution in [2.24, 2.45) is 0 Å². The first kappa shape index (κ1) is 12.9. The molecule has 1 N–H and O–H groups in total. The van der Waals surface area contributed by atoms with E-state index in [0.29, 0.717) is 21.2 Å². The monoisotopic (exact) mass is 315 g/mol. The number of rotatable bonds is 0. The molecule has 0 spiro atoms. The van der Waals surface area contributed by atoms with Crippen molar-refractivity contribution < 1.29 is 13.5 Å². The average Bonchev–Trinajstić information content (AvgIpc) is 2.83. The molecule has 1 aliphatic heterocycles. The zero-order chi connectivity index (χ0) is 13.8. The second kappa shape index (κ2) is 4.21. The smallest absolute Gasteiger partial charge is 0.264 e. The second-order valence-electron chi connectivity index (χ2n) is 4.23. The summed E-state index contributed by atoms with van der Waals surface area (Å²) in [5.74, 6) is 0. The summed E-state index contributed by atoms with van der Waals surface area (Å²) >= 11 is 7.21. The van der Waals surface area contributed by atoms with Crippen LogP contribution in [-0.2, 0) is 10.0 Å². The number of benzene rings is 1. The molecule has 1 unspecified atom stereocenters. The standard InChI is InChI=1S/C12H10ClNO3S2/c1-14-9-4-5-18-12(9)11(15)8-3-2-7(13)6-10(8)19(14,16)17/h2-6,11,15H,1H3. The van der Waals surface area contributed by atoms with Gasteiger partial charge in [0.15, 0.2) is 0 Å².